The number of hydrogen-bond donors (Lipinski definition) is 8. The van der Waals surface area contributed by atoms with Gasteiger partial charge in [-0.2, -0.15) is 16.8 Å². The van der Waals surface area contributed by atoms with Crippen molar-refractivity contribution >= 4 is 26.7 Å². The van der Waals surface area contributed by atoms with Gasteiger partial charge in [-0.05, 0) is 0 Å². The summed E-state index contributed by atoms with van der Waals surface area (Å²) in [6, 6.07) is -1.56. The lowest BCUT2D eigenvalue weighted by Crippen LogP contribution is -2.67. The number of hydrogen-bond acceptors (Lipinski definition) is 15. The lowest BCUT2D eigenvalue weighted by atomic mass is 9.95. The van der Waals surface area contributed by atoms with Crippen LogP contribution in [0.1, 0.15) is 6.92 Å². The average molecular weight is 543 g/mol. The van der Waals surface area contributed by atoms with Gasteiger partial charge in [-0.25, -0.2) is 8.37 Å². The summed E-state index contributed by atoms with van der Waals surface area (Å²) in [5.41, 5.74) is 0. The van der Waals surface area contributed by atoms with Gasteiger partial charge in [0.15, 0.2) is 12.6 Å². The maximum absolute atomic E-state index is 11.4. The molecule has 10 atom stereocenters. The van der Waals surface area contributed by atoms with E-state index in [4.69, 9.17) is 23.3 Å². The maximum Gasteiger partial charge on any atom is 0.397 e. The molecule has 0 aromatic rings. The van der Waals surface area contributed by atoms with Gasteiger partial charge >= 0.3 is 20.8 Å². The molecule has 0 aliphatic carbocycles. The van der Waals surface area contributed by atoms with Crippen molar-refractivity contribution in [3.8, 4) is 0 Å². The minimum atomic E-state index is -5.02. The molecule has 2 saturated heterocycles. The van der Waals surface area contributed by atoms with Gasteiger partial charge in [0, 0.05) is 6.92 Å². The van der Waals surface area contributed by atoms with Crippen LogP contribution >= 0.6 is 0 Å². The predicted octanol–water partition coefficient (Wildman–Crippen LogP) is -5.60. The summed E-state index contributed by atoms with van der Waals surface area (Å²) in [6.45, 7) is -1.06. The van der Waals surface area contributed by atoms with E-state index < -0.39 is 101 Å². The van der Waals surface area contributed by atoms with Gasteiger partial charge in [-0.15, -0.1) is 0 Å². The van der Waals surface area contributed by atoms with E-state index in [2.05, 4.69) is 13.7 Å². The third-order valence-electron chi connectivity index (χ3n) is 4.78. The molecule has 2 aliphatic rings. The summed E-state index contributed by atoms with van der Waals surface area (Å²) in [4.78, 5) is 11.4. The van der Waals surface area contributed by atoms with Crippen molar-refractivity contribution in [1.82, 2.24) is 5.32 Å². The molecule has 2 rings (SSSR count). The fourth-order valence-corrected chi connectivity index (χ4v) is 3.87. The van der Waals surface area contributed by atoms with E-state index >= 15 is 0 Å². The lowest BCUT2D eigenvalue weighted by Gasteiger charge is -2.46. The molecule has 0 aromatic carbocycles. The number of rotatable bonds is 9. The molecule has 2 unspecified atom stereocenters. The highest BCUT2D eigenvalue weighted by molar-refractivity contribution is 7.81. The number of carbonyl (C=O) groups is 1. The van der Waals surface area contributed by atoms with Crippen molar-refractivity contribution < 1.29 is 78.8 Å². The van der Waals surface area contributed by atoms with Crippen LogP contribution in [0.4, 0.5) is 0 Å². The minimum Gasteiger partial charge on any atom is -0.388 e. The number of aliphatic hydroxyl groups excluding tert-OH is 5. The quantitative estimate of drug-likeness (QED) is 0.126. The van der Waals surface area contributed by atoms with Crippen LogP contribution in [-0.2, 0) is 48.2 Å². The van der Waals surface area contributed by atoms with Crippen molar-refractivity contribution in [2.24, 2.45) is 0 Å². The molecule has 20 heteroatoms. The van der Waals surface area contributed by atoms with Crippen molar-refractivity contribution in [3.05, 3.63) is 0 Å². The Balaban J connectivity index is 2.27. The zero-order valence-electron chi connectivity index (χ0n) is 17.2. The van der Waals surface area contributed by atoms with Gasteiger partial charge in [-0.3, -0.25) is 13.9 Å². The second-order valence-electron chi connectivity index (χ2n) is 7.32. The first-order valence-electron chi connectivity index (χ1n) is 9.37. The van der Waals surface area contributed by atoms with E-state index in [1.807, 2.05) is 0 Å². The predicted molar refractivity (Wildman–Crippen MR) is 101 cm³/mol. The zero-order valence-corrected chi connectivity index (χ0v) is 18.9. The second kappa shape index (κ2) is 11.3. The van der Waals surface area contributed by atoms with Gasteiger partial charge in [0.05, 0.1) is 13.2 Å². The van der Waals surface area contributed by atoms with E-state index in [0.29, 0.717) is 0 Å². The van der Waals surface area contributed by atoms with Crippen LogP contribution in [-0.4, -0.2) is 132 Å². The standard InChI is InChI=1S/C14H25NO17S2/c1-4(16)15-7-9(18)12(6(30-13(7)21)3-29-34(25,26)27)32-14-11(20)10(19)8(17)5(31-14)2-28-33(22,23)24/h5-14,17-21H,2-3H2,1H3,(H,15,16)(H,22,23,24)(H,25,26,27)/t5?,6?,7-,8-,9+,10-,11-,12+,13+,14-/m0/s1. The highest BCUT2D eigenvalue weighted by Gasteiger charge is 2.51. The molecule has 34 heavy (non-hydrogen) atoms. The Kier molecular flexibility index (Phi) is 9.68. The van der Waals surface area contributed by atoms with Crippen LogP contribution in [0.3, 0.4) is 0 Å². The molecule has 2 aliphatic heterocycles. The van der Waals surface area contributed by atoms with Crippen molar-refractivity contribution in [3.63, 3.8) is 0 Å². The molecule has 0 bridgehead atoms. The highest BCUT2D eigenvalue weighted by atomic mass is 32.3. The Morgan fingerprint density at radius 1 is 0.824 bits per heavy atom. The van der Waals surface area contributed by atoms with Crippen LogP contribution < -0.4 is 5.32 Å². The first-order valence-corrected chi connectivity index (χ1v) is 12.1. The third-order valence-corrected chi connectivity index (χ3v) is 5.65. The maximum atomic E-state index is 11.4. The Morgan fingerprint density at radius 3 is 1.85 bits per heavy atom. The number of aliphatic hydroxyl groups is 5. The summed E-state index contributed by atoms with van der Waals surface area (Å²) in [5.74, 6) is -0.729. The molecule has 0 aromatic heterocycles. The van der Waals surface area contributed by atoms with E-state index in [1.165, 1.54) is 0 Å². The largest absolute Gasteiger partial charge is 0.397 e. The van der Waals surface area contributed by atoms with E-state index in [9.17, 15) is 47.2 Å². The molecule has 8 N–H and O–H groups in total. The topological polar surface area (TPSA) is 285 Å². The van der Waals surface area contributed by atoms with Crippen molar-refractivity contribution in [1.29, 1.82) is 0 Å². The minimum absolute atomic E-state index is 0.729. The summed E-state index contributed by atoms with van der Waals surface area (Å²) >= 11 is 0. The Hall–Kier alpha value is -1.11. The zero-order chi connectivity index (χ0) is 26.0. The molecule has 2 heterocycles. The Morgan fingerprint density at radius 2 is 1.35 bits per heavy atom. The molecule has 18 nitrogen and oxygen atoms in total. The van der Waals surface area contributed by atoms with Gasteiger partial charge in [0.2, 0.25) is 5.91 Å². The number of nitrogens with one attached hydrogen (secondary N) is 1. The van der Waals surface area contributed by atoms with Gasteiger partial charge in [-0.1, -0.05) is 0 Å². The SMILES string of the molecule is CC(=O)N[C@H]1[C@@H](O)[C@H](O[C@@H]2OC(COS(=O)(=O)O)[C@H](O)[C@H](O)[C@@H]2O)C(COS(=O)(=O)O)O[C@H]1O. The average Bonchev–Trinajstić information content (AvgIpc) is 2.69. The summed E-state index contributed by atoms with van der Waals surface area (Å²) < 4.78 is 84.7. The van der Waals surface area contributed by atoms with E-state index in [1.54, 1.807) is 0 Å². The van der Waals surface area contributed by atoms with E-state index in [-0.39, 0.29) is 0 Å². The molecule has 0 saturated carbocycles. The smallest absolute Gasteiger partial charge is 0.388 e. The van der Waals surface area contributed by atoms with E-state index in [0.717, 1.165) is 6.92 Å². The number of carbonyl (C=O) groups excluding carboxylic acids is 1. The number of amides is 1. The fourth-order valence-electron chi connectivity index (χ4n) is 3.26. The van der Waals surface area contributed by atoms with Crippen molar-refractivity contribution in [2.45, 2.75) is 68.3 Å². The lowest BCUT2D eigenvalue weighted by molar-refractivity contribution is -0.344. The molecule has 1 amide bonds. The third kappa shape index (κ3) is 7.96. The van der Waals surface area contributed by atoms with Gasteiger partial charge in [0.25, 0.3) is 0 Å². The molecule has 0 radical (unpaired) electrons. The summed E-state index contributed by atoms with van der Waals surface area (Å²) in [7, 11) is -10.0. The van der Waals surface area contributed by atoms with Crippen LogP contribution in [0.5, 0.6) is 0 Å². The van der Waals surface area contributed by atoms with Crippen molar-refractivity contribution in [2.75, 3.05) is 13.2 Å². The van der Waals surface area contributed by atoms with Crippen LogP contribution in [0.25, 0.3) is 0 Å². The van der Waals surface area contributed by atoms with Gasteiger partial charge in [0.1, 0.15) is 48.8 Å². The normalized spacial score (nSPS) is 39.5. The first kappa shape index (κ1) is 29.1. The van der Waals surface area contributed by atoms with Gasteiger partial charge < -0.3 is 45.1 Å². The molecule has 2 fully saturated rings. The van der Waals surface area contributed by atoms with Crippen LogP contribution in [0.2, 0.25) is 0 Å². The summed E-state index contributed by atoms with van der Waals surface area (Å²) in [6.07, 6.45) is -17.0. The van der Waals surface area contributed by atoms with Crippen LogP contribution in [0, 0.1) is 0 Å². The fraction of sp³-hybridized carbons (Fsp3) is 0.929. The monoisotopic (exact) mass is 543 g/mol. The van der Waals surface area contributed by atoms with Crippen LogP contribution in [0.15, 0.2) is 0 Å². The molecular weight excluding hydrogens is 518 g/mol. The molecule has 0 spiro atoms. The summed E-state index contributed by atoms with van der Waals surface area (Å²) in [5, 5.41) is 53.1. The Bertz CT molecular complexity index is 911. The molecular formula is C14H25NO17S2. The number of ether oxygens (including phenoxy) is 3. The molecule has 200 valence electrons. The highest BCUT2D eigenvalue weighted by Crippen LogP contribution is 2.29. The Labute approximate surface area is 192 Å². The first-order chi connectivity index (χ1) is 15.5. The second-order valence-corrected chi connectivity index (χ2v) is 9.50.